The van der Waals surface area contributed by atoms with Crippen molar-refractivity contribution in [1.82, 2.24) is 9.88 Å². The zero-order valence-electron chi connectivity index (χ0n) is 13.6. The number of fused-ring (bicyclic) bond motifs is 1. The first-order valence-electron chi connectivity index (χ1n) is 8.36. The molecule has 0 spiro atoms. The number of hydrogen-bond donors (Lipinski definition) is 0. The van der Waals surface area contributed by atoms with Gasteiger partial charge in [-0.3, -0.25) is 9.78 Å². The van der Waals surface area contributed by atoms with Crippen LogP contribution >= 0.6 is 0 Å². The van der Waals surface area contributed by atoms with Gasteiger partial charge in [0.2, 0.25) is 0 Å². The van der Waals surface area contributed by atoms with Crippen LogP contribution in [0.2, 0.25) is 0 Å². The Morgan fingerprint density at radius 2 is 1.96 bits per heavy atom. The number of hydrogen-bond acceptors (Lipinski definition) is 4. The van der Waals surface area contributed by atoms with E-state index >= 15 is 0 Å². The van der Waals surface area contributed by atoms with E-state index in [9.17, 15) is 10.1 Å². The Labute approximate surface area is 146 Å². The quantitative estimate of drug-likeness (QED) is 0.810. The van der Waals surface area contributed by atoms with Gasteiger partial charge in [-0.25, -0.2) is 0 Å². The van der Waals surface area contributed by atoms with Crippen LogP contribution < -0.4 is 0 Å². The van der Waals surface area contributed by atoms with Crippen molar-refractivity contribution in [3.8, 4) is 6.07 Å². The fraction of sp³-hybridized carbons (Fsp3) is 0.190. The normalized spacial score (nSPS) is 24.4. The lowest BCUT2D eigenvalue weighted by Gasteiger charge is -2.34. The zero-order chi connectivity index (χ0) is 17.2. The monoisotopic (exact) mass is 327 g/mol. The van der Waals surface area contributed by atoms with E-state index in [4.69, 9.17) is 0 Å². The van der Waals surface area contributed by atoms with Crippen LogP contribution in [0.5, 0.6) is 0 Å². The van der Waals surface area contributed by atoms with Crippen molar-refractivity contribution in [2.45, 2.75) is 18.5 Å². The minimum Gasteiger partial charge on any atom is -0.352 e. The summed E-state index contributed by atoms with van der Waals surface area (Å²) in [5.74, 6) is -0.151. The minimum atomic E-state index is -0.352. The van der Waals surface area contributed by atoms with Gasteiger partial charge < -0.3 is 4.90 Å². The number of benzene rings is 1. The van der Waals surface area contributed by atoms with E-state index in [0.29, 0.717) is 12.0 Å². The van der Waals surface area contributed by atoms with E-state index in [1.165, 1.54) is 0 Å². The van der Waals surface area contributed by atoms with Crippen molar-refractivity contribution in [3.63, 3.8) is 0 Å². The van der Waals surface area contributed by atoms with Crippen LogP contribution in [0.15, 0.2) is 73.0 Å². The summed E-state index contributed by atoms with van der Waals surface area (Å²) in [7, 11) is 0. The van der Waals surface area contributed by atoms with E-state index in [2.05, 4.69) is 16.0 Å². The van der Waals surface area contributed by atoms with Crippen molar-refractivity contribution in [2.24, 2.45) is 5.92 Å². The number of carbonyl (C=O) groups excluding carboxylic acids is 1. The predicted molar refractivity (Wildman–Crippen MR) is 95.3 cm³/mol. The number of ketones is 1. The molecule has 0 bridgehead atoms. The second kappa shape index (κ2) is 6.37. The fourth-order valence-electron chi connectivity index (χ4n) is 3.69. The number of pyridine rings is 1. The van der Waals surface area contributed by atoms with Crippen LogP contribution in [-0.4, -0.2) is 27.8 Å². The average Bonchev–Trinajstić information content (AvgIpc) is 3.07. The van der Waals surface area contributed by atoms with E-state index in [0.717, 1.165) is 11.4 Å². The molecule has 2 aliphatic heterocycles. The molecule has 2 aliphatic rings. The minimum absolute atomic E-state index is 0.0560. The maximum atomic E-state index is 13.1. The third kappa shape index (κ3) is 2.64. The summed E-state index contributed by atoms with van der Waals surface area (Å²) >= 11 is 0. The molecule has 3 atom stereocenters. The first-order chi connectivity index (χ1) is 12.3. The molecule has 0 aliphatic carbocycles. The van der Waals surface area contributed by atoms with Gasteiger partial charge in [0.15, 0.2) is 5.78 Å². The second-order valence-electron chi connectivity index (χ2n) is 6.27. The Balaban J connectivity index is 1.75. The molecular formula is C21H17N3O. The summed E-state index contributed by atoms with van der Waals surface area (Å²) in [5, 5.41) is 9.57. The molecule has 4 rings (SSSR count). The Kier molecular flexibility index (Phi) is 3.91. The maximum Gasteiger partial charge on any atom is 0.185 e. The Hall–Kier alpha value is -3.19. The lowest BCUT2D eigenvalue weighted by atomic mass is 9.97. The van der Waals surface area contributed by atoms with Crippen molar-refractivity contribution in [1.29, 1.82) is 5.26 Å². The second-order valence-corrected chi connectivity index (χ2v) is 6.27. The number of Topliss-reactive ketones (excluding diaryl/α,β-unsaturated/α-hetero) is 1. The van der Waals surface area contributed by atoms with Crippen LogP contribution in [0.3, 0.4) is 0 Å². The summed E-state index contributed by atoms with van der Waals surface area (Å²) in [6.45, 7) is 0. The van der Waals surface area contributed by atoms with Crippen LogP contribution in [0, 0.1) is 17.2 Å². The number of nitrogens with zero attached hydrogens (tertiary/aromatic N) is 3. The molecule has 1 aromatic carbocycles. The smallest absolute Gasteiger partial charge is 0.185 e. The third-order valence-corrected chi connectivity index (χ3v) is 4.84. The maximum absolute atomic E-state index is 13.1. The molecule has 1 saturated heterocycles. The van der Waals surface area contributed by atoms with Crippen molar-refractivity contribution in [2.75, 3.05) is 0 Å². The zero-order valence-corrected chi connectivity index (χ0v) is 13.6. The van der Waals surface area contributed by atoms with Crippen molar-refractivity contribution < 1.29 is 4.79 Å². The number of carbonyl (C=O) groups is 1. The van der Waals surface area contributed by atoms with Crippen molar-refractivity contribution >= 4 is 11.5 Å². The van der Waals surface area contributed by atoms with Gasteiger partial charge >= 0.3 is 0 Å². The summed E-state index contributed by atoms with van der Waals surface area (Å²) in [4.78, 5) is 19.6. The lowest BCUT2D eigenvalue weighted by Crippen LogP contribution is -2.40. The Morgan fingerprint density at radius 1 is 1.16 bits per heavy atom. The molecule has 0 N–H and O–H groups in total. The van der Waals surface area contributed by atoms with Gasteiger partial charge in [-0.2, -0.15) is 5.26 Å². The van der Waals surface area contributed by atoms with E-state index < -0.39 is 0 Å². The van der Waals surface area contributed by atoms with Gasteiger partial charge in [-0.15, -0.1) is 0 Å². The van der Waals surface area contributed by atoms with Gasteiger partial charge in [-0.05, 0) is 24.6 Å². The summed E-state index contributed by atoms with van der Waals surface area (Å²) in [5.41, 5.74) is 2.40. The van der Waals surface area contributed by atoms with Crippen LogP contribution in [0.1, 0.15) is 22.5 Å². The van der Waals surface area contributed by atoms with Gasteiger partial charge in [0, 0.05) is 11.8 Å². The number of allylic oxidation sites excluding steroid dienone is 2. The van der Waals surface area contributed by atoms with Crippen LogP contribution in [0.4, 0.5) is 0 Å². The highest BCUT2D eigenvalue weighted by Crippen LogP contribution is 2.40. The summed E-state index contributed by atoms with van der Waals surface area (Å²) in [6.07, 6.45) is 8.23. The topological polar surface area (TPSA) is 57.0 Å². The van der Waals surface area contributed by atoms with E-state index in [1.54, 1.807) is 6.20 Å². The third-order valence-electron chi connectivity index (χ3n) is 4.84. The standard InChI is InChI=1S/C21H17N3O/c22-14-16-13-20(21(25)15-7-2-1-3-8-15)24-18(16)10-6-11-19(24)17-9-4-5-12-23-17/h1-12,16,18,20H,13H2/t16-,18+,20+/m0/s1. The van der Waals surface area contributed by atoms with E-state index in [1.807, 2.05) is 66.8 Å². The molecule has 0 radical (unpaired) electrons. The highest BCUT2D eigenvalue weighted by atomic mass is 16.1. The predicted octanol–water partition coefficient (Wildman–Crippen LogP) is 3.46. The molecule has 25 heavy (non-hydrogen) atoms. The highest BCUT2D eigenvalue weighted by Gasteiger charge is 2.45. The molecule has 2 aromatic rings. The fourth-order valence-corrected chi connectivity index (χ4v) is 3.69. The number of rotatable bonds is 3. The van der Waals surface area contributed by atoms with Gasteiger partial charge in [0.1, 0.15) is 0 Å². The Morgan fingerprint density at radius 3 is 2.68 bits per heavy atom. The highest BCUT2D eigenvalue weighted by molar-refractivity contribution is 6.01. The number of nitriles is 1. The molecule has 0 unspecified atom stereocenters. The van der Waals surface area contributed by atoms with Gasteiger partial charge in [0.25, 0.3) is 0 Å². The van der Waals surface area contributed by atoms with E-state index in [-0.39, 0.29) is 23.8 Å². The molecule has 122 valence electrons. The Bertz CT molecular complexity index is 880. The van der Waals surface area contributed by atoms with Crippen molar-refractivity contribution in [3.05, 3.63) is 84.2 Å². The molecule has 1 fully saturated rings. The molecule has 0 amide bonds. The first kappa shape index (κ1) is 15.3. The average molecular weight is 327 g/mol. The molecule has 3 heterocycles. The first-order valence-corrected chi connectivity index (χ1v) is 8.36. The molecular weight excluding hydrogens is 310 g/mol. The molecule has 4 heteroatoms. The van der Waals surface area contributed by atoms with Crippen LogP contribution in [0.25, 0.3) is 5.70 Å². The SMILES string of the molecule is N#C[C@@H]1C[C@H](C(=O)c2ccccc2)N2C(c3ccccn3)=CC=C[C@H]12. The molecule has 0 saturated carbocycles. The summed E-state index contributed by atoms with van der Waals surface area (Å²) in [6, 6.07) is 17.0. The molecule has 4 nitrogen and oxygen atoms in total. The largest absolute Gasteiger partial charge is 0.352 e. The van der Waals surface area contributed by atoms with Gasteiger partial charge in [0.05, 0.1) is 35.5 Å². The lowest BCUT2D eigenvalue weighted by molar-refractivity contribution is 0.0900. The van der Waals surface area contributed by atoms with Crippen LogP contribution in [-0.2, 0) is 0 Å². The number of aromatic nitrogens is 1. The molecule has 1 aromatic heterocycles. The summed E-state index contributed by atoms with van der Waals surface area (Å²) < 4.78 is 0. The van der Waals surface area contributed by atoms with Gasteiger partial charge in [-0.1, -0.05) is 48.6 Å².